The molecule has 1 N–H and O–H groups in total. The number of nitrogens with one attached hydrogen (secondary N) is 1. The Bertz CT molecular complexity index is 756. The minimum absolute atomic E-state index is 0.0614. The van der Waals surface area contributed by atoms with Crippen LogP contribution in [0.3, 0.4) is 0 Å². The molecule has 128 valence electrons. The lowest BCUT2D eigenvalue weighted by atomic mass is 10.2. The Balaban J connectivity index is 2.02. The summed E-state index contributed by atoms with van der Waals surface area (Å²) >= 11 is 0. The van der Waals surface area contributed by atoms with Gasteiger partial charge in [0.05, 0.1) is 11.5 Å². The summed E-state index contributed by atoms with van der Waals surface area (Å²) < 4.78 is 6.73. The molecule has 0 saturated heterocycles. The van der Waals surface area contributed by atoms with Crippen LogP contribution in [0.25, 0.3) is 0 Å². The maximum atomic E-state index is 12.1. The zero-order chi connectivity index (χ0) is 17.7. The van der Waals surface area contributed by atoms with E-state index in [0.717, 1.165) is 5.56 Å². The lowest BCUT2D eigenvalue weighted by molar-refractivity contribution is -0.386. The summed E-state index contributed by atoms with van der Waals surface area (Å²) in [5.41, 5.74) is 1.33. The number of hydrogen-bond acceptors (Lipinski definition) is 6. The highest BCUT2D eigenvalue weighted by Gasteiger charge is 2.22. The highest BCUT2D eigenvalue weighted by molar-refractivity contribution is 5.75. The van der Waals surface area contributed by atoms with Gasteiger partial charge in [-0.15, -0.1) is 0 Å². The molecule has 9 nitrogen and oxygen atoms in total. The highest BCUT2D eigenvalue weighted by atomic mass is 16.6. The van der Waals surface area contributed by atoms with Crippen LogP contribution in [0.1, 0.15) is 23.9 Å². The molecule has 0 aliphatic carbocycles. The summed E-state index contributed by atoms with van der Waals surface area (Å²) in [5, 5.41) is 17.8. The SMILES string of the molecule is CCOc1ncccc1CNC(=O)Cn1nc(C)c([N+](=O)[O-])c1C. The molecular weight excluding hydrogens is 314 g/mol. The van der Waals surface area contributed by atoms with Crippen molar-refractivity contribution in [1.29, 1.82) is 0 Å². The van der Waals surface area contributed by atoms with Crippen molar-refractivity contribution >= 4 is 11.6 Å². The second-order valence-corrected chi connectivity index (χ2v) is 5.11. The van der Waals surface area contributed by atoms with Crippen LogP contribution < -0.4 is 10.1 Å². The fourth-order valence-electron chi connectivity index (χ4n) is 2.32. The number of aromatic nitrogens is 3. The average Bonchev–Trinajstić information content (AvgIpc) is 2.80. The fourth-order valence-corrected chi connectivity index (χ4v) is 2.32. The van der Waals surface area contributed by atoms with Crippen molar-refractivity contribution in [2.45, 2.75) is 33.9 Å². The van der Waals surface area contributed by atoms with E-state index in [4.69, 9.17) is 4.74 Å². The summed E-state index contributed by atoms with van der Waals surface area (Å²) in [6, 6.07) is 3.57. The molecule has 0 saturated carbocycles. The highest BCUT2D eigenvalue weighted by Crippen LogP contribution is 2.21. The van der Waals surface area contributed by atoms with Gasteiger partial charge in [0.1, 0.15) is 17.9 Å². The van der Waals surface area contributed by atoms with Crippen LogP contribution in [0, 0.1) is 24.0 Å². The Kier molecular flexibility index (Phi) is 5.46. The zero-order valence-corrected chi connectivity index (χ0v) is 13.8. The lowest BCUT2D eigenvalue weighted by Crippen LogP contribution is -2.28. The summed E-state index contributed by atoms with van der Waals surface area (Å²) in [7, 11) is 0. The van der Waals surface area contributed by atoms with Crippen molar-refractivity contribution in [2.24, 2.45) is 0 Å². The van der Waals surface area contributed by atoms with E-state index in [1.54, 1.807) is 26.1 Å². The van der Waals surface area contributed by atoms with Crippen LogP contribution in [0.4, 0.5) is 5.69 Å². The van der Waals surface area contributed by atoms with Gasteiger partial charge in [-0.25, -0.2) is 4.98 Å². The third-order valence-electron chi connectivity index (χ3n) is 3.43. The van der Waals surface area contributed by atoms with Gasteiger partial charge in [-0.3, -0.25) is 19.6 Å². The second kappa shape index (κ2) is 7.53. The Morgan fingerprint density at radius 3 is 2.83 bits per heavy atom. The molecule has 2 aromatic rings. The summed E-state index contributed by atoms with van der Waals surface area (Å²) in [5.74, 6) is 0.170. The van der Waals surface area contributed by atoms with Gasteiger partial charge < -0.3 is 10.1 Å². The zero-order valence-electron chi connectivity index (χ0n) is 13.8. The Labute approximate surface area is 138 Å². The standard InChI is InChI=1S/C15H19N5O4/c1-4-24-15-12(6-5-7-16-15)8-17-13(21)9-19-11(3)14(20(22)23)10(2)18-19/h5-7H,4,8-9H2,1-3H3,(H,17,21). The number of ether oxygens (including phenoxy) is 1. The normalized spacial score (nSPS) is 10.5. The van der Waals surface area contributed by atoms with Gasteiger partial charge in [-0.05, 0) is 26.8 Å². The molecule has 0 unspecified atom stereocenters. The van der Waals surface area contributed by atoms with E-state index < -0.39 is 4.92 Å². The lowest BCUT2D eigenvalue weighted by Gasteiger charge is -2.10. The molecule has 0 spiro atoms. The number of amides is 1. The summed E-state index contributed by atoms with van der Waals surface area (Å²) in [6.07, 6.45) is 1.62. The van der Waals surface area contributed by atoms with Crippen molar-refractivity contribution in [1.82, 2.24) is 20.1 Å². The van der Waals surface area contributed by atoms with Crippen molar-refractivity contribution in [2.75, 3.05) is 6.61 Å². The second-order valence-electron chi connectivity index (χ2n) is 5.11. The van der Waals surface area contributed by atoms with Crippen LogP contribution in [-0.2, 0) is 17.9 Å². The molecule has 0 aliphatic rings. The van der Waals surface area contributed by atoms with E-state index in [1.165, 1.54) is 4.68 Å². The number of carbonyl (C=O) groups excluding carboxylic acids is 1. The maximum Gasteiger partial charge on any atom is 0.312 e. The minimum Gasteiger partial charge on any atom is -0.478 e. The van der Waals surface area contributed by atoms with Gasteiger partial charge in [0.25, 0.3) is 0 Å². The third kappa shape index (κ3) is 3.86. The number of hydrogen-bond donors (Lipinski definition) is 1. The average molecular weight is 333 g/mol. The van der Waals surface area contributed by atoms with Crippen molar-refractivity contribution in [3.05, 3.63) is 45.4 Å². The molecule has 2 rings (SSSR count). The predicted molar refractivity (Wildman–Crippen MR) is 85.6 cm³/mol. The van der Waals surface area contributed by atoms with E-state index in [1.807, 2.05) is 13.0 Å². The van der Waals surface area contributed by atoms with Gasteiger partial charge in [0.15, 0.2) is 0 Å². The van der Waals surface area contributed by atoms with Crippen LogP contribution in [0.5, 0.6) is 5.88 Å². The number of carbonyl (C=O) groups is 1. The first-order valence-corrected chi connectivity index (χ1v) is 7.45. The summed E-state index contributed by atoms with van der Waals surface area (Å²) in [4.78, 5) is 26.7. The summed E-state index contributed by atoms with van der Waals surface area (Å²) in [6.45, 7) is 5.61. The van der Waals surface area contributed by atoms with Crippen LogP contribution in [0.2, 0.25) is 0 Å². The van der Waals surface area contributed by atoms with Gasteiger partial charge in [-0.2, -0.15) is 5.10 Å². The predicted octanol–water partition coefficient (Wildman–Crippen LogP) is 1.52. The van der Waals surface area contributed by atoms with Gasteiger partial charge in [-0.1, -0.05) is 6.07 Å². The van der Waals surface area contributed by atoms with E-state index >= 15 is 0 Å². The van der Waals surface area contributed by atoms with E-state index in [-0.39, 0.29) is 30.4 Å². The Hall–Kier alpha value is -2.97. The molecule has 0 aliphatic heterocycles. The fraction of sp³-hybridized carbons (Fsp3) is 0.400. The van der Waals surface area contributed by atoms with Crippen LogP contribution in [-0.4, -0.2) is 32.2 Å². The molecular formula is C15H19N5O4. The van der Waals surface area contributed by atoms with Crippen LogP contribution in [0.15, 0.2) is 18.3 Å². The molecule has 0 atom stereocenters. The Morgan fingerprint density at radius 2 is 2.21 bits per heavy atom. The van der Waals surface area contributed by atoms with E-state index in [0.29, 0.717) is 18.2 Å². The van der Waals surface area contributed by atoms with Crippen molar-refractivity contribution in [3.63, 3.8) is 0 Å². The molecule has 2 aromatic heterocycles. The quantitative estimate of drug-likeness (QED) is 0.607. The number of pyridine rings is 1. The molecule has 0 radical (unpaired) electrons. The first-order chi connectivity index (χ1) is 11.4. The van der Waals surface area contributed by atoms with Gasteiger partial charge in [0.2, 0.25) is 11.8 Å². The molecule has 0 bridgehead atoms. The number of rotatable bonds is 7. The topological polar surface area (TPSA) is 112 Å². The Morgan fingerprint density at radius 1 is 1.46 bits per heavy atom. The first-order valence-electron chi connectivity index (χ1n) is 7.45. The molecule has 24 heavy (non-hydrogen) atoms. The van der Waals surface area contributed by atoms with Gasteiger partial charge >= 0.3 is 5.69 Å². The van der Waals surface area contributed by atoms with E-state index in [2.05, 4.69) is 15.4 Å². The minimum atomic E-state index is -0.490. The third-order valence-corrected chi connectivity index (χ3v) is 3.43. The monoisotopic (exact) mass is 333 g/mol. The maximum absolute atomic E-state index is 12.1. The first kappa shape index (κ1) is 17.4. The van der Waals surface area contributed by atoms with Crippen molar-refractivity contribution in [3.8, 4) is 5.88 Å². The van der Waals surface area contributed by atoms with Crippen LogP contribution >= 0.6 is 0 Å². The number of nitrogens with zero attached hydrogens (tertiary/aromatic N) is 4. The number of nitro groups is 1. The van der Waals surface area contributed by atoms with E-state index in [9.17, 15) is 14.9 Å². The van der Waals surface area contributed by atoms with Gasteiger partial charge in [0, 0.05) is 18.3 Å². The smallest absolute Gasteiger partial charge is 0.312 e. The largest absolute Gasteiger partial charge is 0.478 e. The molecule has 0 aromatic carbocycles. The molecule has 2 heterocycles. The number of aryl methyl sites for hydroxylation is 1. The molecule has 1 amide bonds. The van der Waals surface area contributed by atoms with Crippen molar-refractivity contribution < 1.29 is 14.5 Å². The molecule has 9 heteroatoms. The molecule has 0 fully saturated rings.